The maximum atomic E-state index is 6.91. The average molecular weight is 746 g/mol. The van der Waals surface area contributed by atoms with Crippen molar-refractivity contribution in [2.75, 3.05) is 4.90 Å². The van der Waals surface area contributed by atoms with Gasteiger partial charge in [0.15, 0.2) is 0 Å². The van der Waals surface area contributed by atoms with E-state index in [9.17, 15) is 0 Å². The highest BCUT2D eigenvalue weighted by molar-refractivity contribution is 6.11. The lowest BCUT2D eigenvalue weighted by molar-refractivity contribution is 0.755. The van der Waals surface area contributed by atoms with Crippen LogP contribution in [0.4, 0.5) is 17.1 Å². The molecular weight excluding hydrogens is 703 g/mol. The van der Waals surface area contributed by atoms with Crippen molar-refractivity contribution < 1.29 is 0 Å². The van der Waals surface area contributed by atoms with E-state index >= 15 is 0 Å². The summed E-state index contributed by atoms with van der Waals surface area (Å²) in [5.41, 5.74) is 28.0. The summed E-state index contributed by atoms with van der Waals surface area (Å²) >= 11 is 0. The van der Waals surface area contributed by atoms with Crippen molar-refractivity contribution in [2.45, 2.75) is 18.4 Å². The Labute approximate surface area is 340 Å². The Balaban J connectivity index is 0.000000530. The predicted molar refractivity (Wildman–Crippen MR) is 244 cm³/mol. The summed E-state index contributed by atoms with van der Waals surface area (Å²) in [6.45, 7) is 2.08. The van der Waals surface area contributed by atoms with Gasteiger partial charge in [-0.2, -0.15) is 0 Å². The first-order valence-corrected chi connectivity index (χ1v) is 20.0. The standard InChI is InChI=1S/C48H35N3.C7H8/c49-44(33-15-3-1-4-16-33)30-45(50)34-25-26-41-39(29-34)38-21-11-12-22-40(38)48(41)42-27-23-31-13-7-9-19-36(31)46(42)51(35-17-5-2-6-18-35)47-37-20-10-8-14-32(37)24-28-43(47)48;1-7-5-3-2-4-6-7/h1-30,45H,49-50H2;2-6H,1H3/b44-30-;. The van der Waals surface area contributed by atoms with Crippen molar-refractivity contribution in [1.29, 1.82) is 0 Å². The van der Waals surface area contributed by atoms with E-state index in [0.717, 1.165) is 16.8 Å². The van der Waals surface area contributed by atoms with Gasteiger partial charge in [-0.15, -0.1) is 0 Å². The Bertz CT molecular complexity index is 2900. The molecule has 58 heavy (non-hydrogen) atoms. The van der Waals surface area contributed by atoms with Gasteiger partial charge >= 0.3 is 0 Å². The molecule has 0 bridgehead atoms. The van der Waals surface area contributed by atoms with Crippen molar-refractivity contribution in [2.24, 2.45) is 11.5 Å². The van der Waals surface area contributed by atoms with Crippen molar-refractivity contribution in [3.8, 4) is 11.1 Å². The molecule has 0 saturated carbocycles. The number of aryl methyl sites for hydroxylation is 1. The molecule has 0 radical (unpaired) electrons. The van der Waals surface area contributed by atoms with Crippen LogP contribution in [0.25, 0.3) is 38.4 Å². The molecule has 0 fully saturated rings. The Hall–Kier alpha value is -7.20. The van der Waals surface area contributed by atoms with Crippen molar-refractivity contribution in [3.05, 3.63) is 251 Å². The first-order chi connectivity index (χ1) is 28.5. The number of nitrogens with two attached hydrogens (primary N) is 2. The van der Waals surface area contributed by atoms with Gasteiger partial charge in [-0.05, 0) is 86.5 Å². The molecule has 1 unspecified atom stereocenters. The molecule has 0 aromatic heterocycles. The van der Waals surface area contributed by atoms with Crippen molar-refractivity contribution in [3.63, 3.8) is 0 Å². The predicted octanol–water partition coefficient (Wildman–Crippen LogP) is 13.1. The zero-order chi connectivity index (χ0) is 39.2. The van der Waals surface area contributed by atoms with E-state index in [-0.39, 0.29) is 6.04 Å². The summed E-state index contributed by atoms with van der Waals surface area (Å²) in [7, 11) is 0. The van der Waals surface area contributed by atoms with Crippen LogP contribution in [-0.4, -0.2) is 0 Å². The first kappa shape index (κ1) is 35.2. The minimum Gasteiger partial charge on any atom is -0.398 e. The molecule has 1 spiro atoms. The van der Waals surface area contributed by atoms with Crippen LogP contribution in [0, 0.1) is 6.92 Å². The zero-order valence-electron chi connectivity index (χ0n) is 32.4. The fraction of sp³-hybridized carbons (Fsp3) is 0.0545. The molecule has 0 saturated heterocycles. The third-order valence-corrected chi connectivity index (χ3v) is 11.9. The molecule has 11 rings (SSSR count). The van der Waals surface area contributed by atoms with Gasteiger partial charge in [-0.3, -0.25) is 0 Å². The summed E-state index contributed by atoms with van der Waals surface area (Å²) in [5, 5.41) is 4.88. The molecule has 3 heteroatoms. The van der Waals surface area contributed by atoms with Gasteiger partial charge in [0.2, 0.25) is 0 Å². The quantitative estimate of drug-likeness (QED) is 0.189. The van der Waals surface area contributed by atoms with Crippen molar-refractivity contribution >= 4 is 44.3 Å². The smallest absolute Gasteiger partial charge is 0.0754 e. The second-order valence-electron chi connectivity index (χ2n) is 15.3. The Morgan fingerprint density at radius 2 is 1.00 bits per heavy atom. The third-order valence-electron chi connectivity index (χ3n) is 11.9. The summed E-state index contributed by atoms with van der Waals surface area (Å²) < 4.78 is 0. The summed E-state index contributed by atoms with van der Waals surface area (Å²) in [6, 6.07) is 73.5. The summed E-state index contributed by atoms with van der Waals surface area (Å²) in [4.78, 5) is 2.52. The molecule has 278 valence electrons. The van der Waals surface area contributed by atoms with Gasteiger partial charge in [-0.25, -0.2) is 0 Å². The van der Waals surface area contributed by atoms with Crippen molar-refractivity contribution in [1.82, 2.24) is 0 Å². The van der Waals surface area contributed by atoms with Crippen LogP contribution >= 0.6 is 0 Å². The van der Waals surface area contributed by atoms with Crippen LogP contribution in [-0.2, 0) is 5.41 Å². The largest absolute Gasteiger partial charge is 0.398 e. The SMILES string of the molecule is Cc1ccccc1.N/C(=C\C(N)c1ccc2c(c1)-c1ccccc1C21c2ccc3ccccc3c2N(c2ccccc2)c2c1ccc1ccccc21)c1ccccc1. The minimum atomic E-state index is -0.572. The van der Waals surface area contributed by atoms with Crippen LogP contribution in [0.5, 0.6) is 0 Å². The molecular formula is C55H43N3. The number of anilines is 3. The second kappa shape index (κ2) is 14.4. The van der Waals surface area contributed by atoms with E-state index in [1.807, 2.05) is 54.6 Å². The summed E-state index contributed by atoms with van der Waals surface area (Å²) in [6.07, 6.45) is 1.97. The van der Waals surface area contributed by atoms with Crippen LogP contribution < -0.4 is 16.4 Å². The lowest BCUT2D eigenvalue weighted by Gasteiger charge is -2.46. The normalized spacial score (nSPS) is 13.9. The third kappa shape index (κ3) is 5.62. The van der Waals surface area contributed by atoms with Gasteiger partial charge in [0.25, 0.3) is 0 Å². The summed E-state index contributed by atoms with van der Waals surface area (Å²) in [5.74, 6) is 0. The topological polar surface area (TPSA) is 55.3 Å². The van der Waals surface area contributed by atoms with E-state index in [4.69, 9.17) is 11.5 Å². The highest BCUT2D eigenvalue weighted by Gasteiger charge is 2.52. The maximum absolute atomic E-state index is 6.91. The molecule has 0 amide bonds. The average Bonchev–Trinajstić information content (AvgIpc) is 3.57. The molecule has 9 aromatic carbocycles. The Morgan fingerprint density at radius 3 is 1.60 bits per heavy atom. The van der Waals surface area contributed by atoms with Gasteiger partial charge in [0.1, 0.15) is 0 Å². The zero-order valence-corrected chi connectivity index (χ0v) is 32.4. The van der Waals surface area contributed by atoms with E-state index in [2.05, 4.69) is 170 Å². The minimum absolute atomic E-state index is 0.369. The van der Waals surface area contributed by atoms with Gasteiger partial charge in [-0.1, -0.05) is 194 Å². The second-order valence-corrected chi connectivity index (χ2v) is 15.3. The number of para-hydroxylation sites is 1. The van der Waals surface area contributed by atoms with Gasteiger partial charge in [0, 0.05) is 22.2 Å². The molecule has 4 N–H and O–H groups in total. The molecule has 1 atom stereocenters. The molecule has 1 heterocycles. The van der Waals surface area contributed by atoms with Crippen LogP contribution in [0.3, 0.4) is 0 Å². The number of hydrogen-bond donors (Lipinski definition) is 2. The van der Waals surface area contributed by atoms with Gasteiger partial charge < -0.3 is 16.4 Å². The lowest BCUT2D eigenvalue weighted by atomic mass is 9.63. The first-order valence-electron chi connectivity index (χ1n) is 20.0. The van der Waals surface area contributed by atoms with E-state index in [1.165, 1.54) is 71.9 Å². The van der Waals surface area contributed by atoms with E-state index in [0.29, 0.717) is 5.70 Å². The fourth-order valence-corrected chi connectivity index (χ4v) is 9.33. The maximum Gasteiger partial charge on any atom is 0.0754 e. The molecule has 9 aromatic rings. The number of rotatable bonds is 4. The van der Waals surface area contributed by atoms with Crippen LogP contribution in [0.1, 0.15) is 45.0 Å². The van der Waals surface area contributed by atoms with Gasteiger partial charge in [0.05, 0.1) is 22.8 Å². The highest BCUT2D eigenvalue weighted by Crippen LogP contribution is 2.65. The fourth-order valence-electron chi connectivity index (χ4n) is 9.33. The van der Waals surface area contributed by atoms with E-state index in [1.54, 1.807) is 0 Å². The Morgan fingerprint density at radius 1 is 0.500 bits per heavy atom. The Kier molecular flexibility index (Phi) is 8.74. The lowest BCUT2D eigenvalue weighted by Crippen LogP contribution is -2.36. The molecule has 1 aliphatic carbocycles. The number of nitrogens with zero attached hydrogens (tertiary/aromatic N) is 1. The molecule has 2 aliphatic rings. The van der Waals surface area contributed by atoms with Crippen LogP contribution in [0.2, 0.25) is 0 Å². The number of hydrogen-bond acceptors (Lipinski definition) is 3. The molecule has 3 nitrogen and oxygen atoms in total. The molecule has 1 aliphatic heterocycles. The van der Waals surface area contributed by atoms with E-state index < -0.39 is 5.41 Å². The number of fused-ring (bicyclic) bond motifs is 13. The highest BCUT2D eigenvalue weighted by atomic mass is 15.2. The monoisotopic (exact) mass is 745 g/mol. The van der Waals surface area contributed by atoms with Crippen LogP contribution in [0.15, 0.2) is 212 Å². The number of benzene rings is 9.